The zero-order valence-corrected chi connectivity index (χ0v) is 17.7. The summed E-state index contributed by atoms with van der Waals surface area (Å²) in [6.07, 6.45) is 3.88. The molecule has 4 aromatic rings. The van der Waals surface area contributed by atoms with Crippen molar-refractivity contribution in [2.24, 2.45) is 0 Å². The second-order valence-corrected chi connectivity index (χ2v) is 7.49. The summed E-state index contributed by atoms with van der Waals surface area (Å²) in [5.41, 5.74) is 7.32. The van der Waals surface area contributed by atoms with Gasteiger partial charge in [0.05, 0.1) is 18.7 Å². The van der Waals surface area contributed by atoms with Gasteiger partial charge in [-0.3, -0.25) is 4.57 Å². The number of nitrogens with two attached hydrogens (primary N) is 1. The van der Waals surface area contributed by atoms with Gasteiger partial charge in [0.15, 0.2) is 17.3 Å². The molecule has 0 saturated carbocycles. The van der Waals surface area contributed by atoms with Gasteiger partial charge in [0, 0.05) is 18.2 Å². The molecule has 2 N–H and O–H groups in total. The van der Waals surface area contributed by atoms with Gasteiger partial charge in [0.25, 0.3) is 5.88 Å². The van der Waals surface area contributed by atoms with Gasteiger partial charge in [0.2, 0.25) is 11.7 Å². The van der Waals surface area contributed by atoms with Crippen molar-refractivity contribution >= 4 is 16.7 Å². The third-order valence-electron chi connectivity index (χ3n) is 5.37. The molecule has 0 radical (unpaired) electrons. The van der Waals surface area contributed by atoms with Crippen LogP contribution in [0.1, 0.15) is 12.8 Å². The minimum atomic E-state index is 0.0150. The van der Waals surface area contributed by atoms with Crippen molar-refractivity contribution < 1.29 is 18.9 Å². The van der Waals surface area contributed by atoms with Crippen LogP contribution < -0.4 is 19.9 Å². The predicted octanol–water partition coefficient (Wildman–Crippen LogP) is 4.36. The van der Waals surface area contributed by atoms with Gasteiger partial charge in [-0.15, -0.1) is 0 Å². The number of hydrogen-bond donors (Lipinski definition) is 1. The Kier molecular flexibility index (Phi) is 5.51. The van der Waals surface area contributed by atoms with Crippen LogP contribution in [0.4, 0.5) is 5.82 Å². The number of anilines is 1. The highest BCUT2D eigenvalue weighted by atomic mass is 16.6. The molecule has 1 fully saturated rings. The van der Waals surface area contributed by atoms with Crippen molar-refractivity contribution in [1.82, 2.24) is 14.5 Å². The van der Waals surface area contributed by atoms with Crippen LogP contribution in [0.2, 0.25) is 0 Å². The molecule has 8 nitrogen and oxygen atoms in total. The molecule has 2 aromatic heterocycles. The van der Waals surface area contributed by atoms with E-state index in [1.165, 1.54) is 0 Å². The van der Waals surface area contributed by atoms with Gasteiger partial charge in [-0.25, -0.2) is 0 Å². The lowest BCUT2D eigenvalue weighted by Crippen LogP contribution is -2.18. The molecule has 0 amide bonds. The molecule has 164 valence electrons. The lowest BCUT2D eigenvalue weighted by atomic mass is 10.2. The number of benzene rings is 2. The van der Waals surface area contributed by atoms with Crippen LogP contribution in [0.3, 0.4) is 0 Å². The summed E-state index contributed by atoms with van der Waals surface area (Å²) in [6.45, 7) is 1.09. The van der Waals surface area contributed by atoms with E-state index in [2.05, 4.69) is 9.97 Å². The summed E-state index contributed by atoms with van der Waals surface area (Å²) in [5.74, 6) is 2.13. The standard InChI is InChI=1S/C24H24N4O4/c1-29-19-10-4-5-11-20(19)32-21-22(25)26-24(27-23(21)31-15-17-8-6-14-30-17)28-13-12-16-7-2-3-9-18(16)28/h2-5,7,9-13,17H,6,8,14-15H2,1H3,(H2,25,26,27). The van der Waals surface area contributed by atoms with E-state index < -0.39 is 0 Å². The monoisotopic (exact) mass is 432 g/mol. The van der Waals surface area contributed by atoms with E-state index in [-0.39, 0.29) is 23.6 Å². The first-order valence-electron chi connectivity index (χ1n) is 10.5. The number of para-hydroxylation sites is 3. The van der Waals surface area contributed by atoms with E-state index in [0.29, 0.717) is 24.1 Å². The highest BCUT2D eigenvalue weighted by Gasteiger charge is 2.22. The number of methoxy groups -OCH3 is 1. The van der Waals surface area contributed by atoms with E-state index in [9.17, 15) is 0 Å². The summed E-state index contributed by atoms with van der Waals surface area (Å²) < 4.78 is 25.1. The third-order valence-corrected chi connectivity index (χ3v) is 5.37. The molecule has 1 unspecified atom stereocenters. The first-order valence-corrected chi connectivity index (χ1v) is 10.5. The second-order valence-electron chi connectivity index (χ2n) is 7.49. The van der Waals surface area contributed by atoms with Crippen LogP contribution in [0, 0.1) is 0 Å². The first-order chi connectivity index (χ1) is 15.7. The van der Waals surface area contributed by atoms with Gasteiger partial charge in [0.1, 0.15) is 6.61 Å². The maximum atomic E-state index is 6.35. The predicted molar refractivity (Wildman–Crippen MR) is 121 cm³/mol. The highest BCUT2D eigenvalue weighted by Crippen LogP contribution is 2.39. The molecule has 5 rings (SSSR count). The molecule has 0 bridgehead atoms. The summed E-state index contributed by atoms with van der Waals surface area (Å²) in [4.78, 5) is 9.18. The fraction of sp³-hybridized carbons (Fsp3) is 0.250. The van der Waals surface area contributed by atoms with Gasteiger partial charge < -0.3 is 24.7 Å². The maximum Gasteiger partial charge on any atom is 0.265 e. The van der Waals surface area contributed by atoms with Crippen LogP contribution in [0.5, 0.6) is 23.1 Å². The lowest BCUT2D eigenvalue weighted by Gasteiger charge is -2.17. The van der Waals surface area contributed by atoms with Gasteiger partial charge >= 0.3 is 0 Å². The molecular weight excluding hydrogens is 408 g/mol. The third kappa shape index (κ3) is 3.92. The fourth-order valence-corrected chi connectivity index (χ4v) is 3.75. The van der Waals surface area contributed by atoms with Crippen LogP contribution in [-0.2, 0) is 4.74 Å². The quantitative estimate of drug-likeness (QED) is 0.464. The Hall–Kier alpha value is -3.78. The Labute approximate surface area is 185 Å². The summed E-state index contributed by atoms with van der Waals surface area (Å²) in [5, 5.41) is 1.07. The van der Waals surface area contributed by atoms with Gasteiger partial charge in [-0.1, -0.05) is 30.3 Å². The SMILES string of the molecule is COc1ccccc1Oc1c(N)nc(-n2ccc3ccccc32)nc1OCC1CCCO1. The largest absolute Gasteiger partial charge is 0.493 e. The average molecular weight is 432 g/mol. The first kappa shape index (κ1) is 20.1. The van der Waals surface area contributed by atoms with E-state index in [1.807, 2.05) is 53.2 Å². The van der Waals surface area contributed by atoms with E-state index in [1.54, 1.807) is 19.2 Å². The molecular formula is C24H24N4O4. The molecule has 8 heteroatoms. The summed E-state index contributed by atoms with van der Waals surface area (Å²) in [6, 6.07) is 17.3. The van der Waals surface area contributed by atoms with Crippen LogP contribution in [0.25, 0.3) is 16.9 Å². The Morgan fingerprint density at radius 3 is 2.69 bits per heavy atom. The number of ether oxygens (including phenoxy) is 4. The number of nitrogens with zero attached hydrogens (tertiary/aromatic N) is 3. The van der Waals surface area contributed by atoms with E-state index >= 15 is 0 Å². The number of rotatable bonds is 7. The number of hydrogen-bond acceptors (Lipinski definition) is 7. The van der Waals surface area contributed by atoms with Crippen molar-refractivity contribution in [1.29, 1.82) is 0 Å². The van der Waals surface area contributed by atoms with Crippen molar-refractivity contribution in [3.8, 4) is 29.1 Å². The van der Waals surface area contributed by atoms with Gasteiger partial charge in [-0.2, -0.15) is 9.97 Å². The van der Waals surface area contributed by atoms with Crippen molar-refractivity contribution in [2.75, 3.05) is 26.1 Å². The Morgan fingerprint density at radius 1 is 1.06 bits per heavy atom. The average Bonchev–Trinajstić information content (AvgIpc) is 3.49. The summed E-state index contributed by atoms with van der Waals surface area (Å²) in [7, 11) is 1.58. The van der Waals surface area contributed by atoms with Crippen LogP contribution in [-0.4, -0.2) is 41.0 Å². The molecule has 0 spiro atoms. The lowest BCUT2D eigenvalue weighted by molar-refractivity contribution is 0.0654. The van der Waals surface area contributed by atoms with Crippen molar-refractivity contribution in [3.05, 3.63) is 60.8 Å². The number of nitrogen functional groups attached to an aromatic ring is 1. The second kappa shape index (κ2) is 8.76. The Balaban J connectivity index is 1.55. The normalized spacial score (nSPS) is 15.7. The highest BCUT2D eigenvalue weighted by molar-refractivity contribution is 5.81. The van der Waals surface area contributed by atoms with Crippen molar-refractivity contribution in [2.45, 2.75) is 18.9 Å². The minimum absolute atomic E-state index is 0.0150. The number of aromatic nitrogens is 3. The molecule has 1 saturated heterocycles. The fourth-order valence-electron chi connectivity index (χ4n) is 3.75. The molecule has 1 aliphatic rings. The molecule has 32 heavy (non-hydrogen) atoms. The van der Waals surface area contributed by atoms with E-state index in [4.69, 9.17) is 24.7 Å². The van der Waals surface area contributed by atoms with Crippen molar-refractivity contribution in [3.63, 3.8) is 0 Å². The topological polar surface area (TPSA) is 93.7 Å². The maximum absolute atomic E-state index is 6.35. The molecule has 2 aromatic carbocycles. The van der Waals surface area contributed by atoms with Crippen LogP contribution in [0.15, 0.2) is 60.8 Å². The molecule has 3 heterocycles. The smallest absolute Gasteiger partial charge is 0.265 e. The minimum Gasteiger partial charge on any atom is -0.493 e. The Bertz CT molecular complexity index is 1230. The zero-order chi connectivity index (χ0) is 21.9. The summed E-state index contributed by atoms with van der Waals surface area (Å²) >= 11 is 0. The van der Waals surface area contributed by atoms with Crippen LogP contribution >= 0.6 is 0 Å². The zero-order valence-electron chi connectivity index (χ0n) is 17.7. The molecule has 1 atom stereocenters. The van der Waals surface area contributed by atoms with E-state index in [0.717, 1.165) is 30.4 Å². The van der Waals surface area contributed by atoms with Gasteiger partial charge in [-0.05, 0) is 37.1 Å². The molecule has 0 aliphatic carbocycles. The molecule has 1 aliphatic heterocycles. The number of fused-ring (bicyclic) bond motifs is 1. The Morgan fingerprint density at radius 2 is 1.88 bits per heavy atom.